The van der Waals surface area contributed by atoms with Crippen molar-refractivity contribution in [3.05, 3.63) is 12.2 Å². The normalized spacial score (nSPS) is 28.4. The first-order valence-corrected chi connectivity index (χ1v) is 5.44. The van der Waals surface area contributed by atoms with Gasteiger partial charge in [-0.1, -0.05) is 12.2 Å². The molecule has 0 unspecified atom stereocenters. The SMILES string of the molecule is C[C@@H]1CN(C(=O)C2CC=CC2)CCN1. The van der Waals surface area contributed by atoms with Crippen molar-refractivity contribution >= 4 is 5.91 Å². The first-order valence-electron chi connectivity index (χ1n) is 5.44. The van der Waals surface area contributed by atoms with Gasteiger partial charge in [0.15, 0.2) is 0 Å². The average molecular weight is 194 g/mol. The number of rotatable bonds is 1. The number of hydrogen-bond acceptors (Lipinski definition) is 2. The van der Waals surface area contributed by atoms with Crippen molar-refractivity contribution in [1.82, 2.24) is 10.2 Å². The molecular weight excluding hydrogens is 176 g/mol. The Hall–Kier alpha value is -0.830. The van der Waals surface area contributed by atoms with E-state index in [4.69, 9.17) is 0 Å². The molecular formula is C11H18N2O. The van der Waals surface area contributed by atoms with Crippen LogP contribution in [0, 0.1) is 5.92 Å². The minimum atomic E-state index is 0.236. The lowest BCUT2D eigenvalue weighted by Gasteiger charge is -2.33. The van der Waals surface area contributed by atoms with Crippen LogP contribution < -0.4 is 5.32 Å². The molecule has 3 heteroatoms. The average Bonchev–Trinajstić information content (AvgIpc) is 2.69. The second-order valence-corrected chi connectivity index (χ2v) is 4.28. The molecule has 1 amide bonds. The number of hydrogen-bond donors (Lipinski definition) is 1. The van der Waals surface area contributed by atoms with Gasteiger partial charge in [-0.15, -0.1) is 0 Å². The van der Waals surface area contributed by atoms with Crippen LogP contribution in [-0.4, -0.2) is 36.5 Å². The summed E-state index contributed by atoms with van der Waals surface area (Å²) < 4.78 is 0. The Morgan fingerprint density at radius 1 is 1.43 bits per heavy atom. The zero-order chi connectivity index (χ0) is 9.97. The monoisotopic (exact) mass is 194 g/mol. The van der Waals surface area contributed by atoms with Gasteiger partial charge in [0.2, 0.25) is 5.91 Å². The Bertz CT molecular complexity index is 242. The van der Waals surface area contributed by atoms with Gasteiger partial charge in [0.1, 0.15) is 0 Å². The fourth-order valence-electron chi connectivity index (χ4n) is 2.21. The third-order valence-corrected chi connectivity index (χ3v) is 3.04. The van der Waals surface area contributed by atoms with E-state index in [1.807, 2.05) is 4.90 Å². The Balaban J connectivity index is 1.90. The van der Waals surface area contributed by atoms with Crippen LogP contribution in [-0.2, 0) is 4.79 Å². The molecule has 0 aromatic heterocycles. The number of carbonyl (C=O) groups is 1. The van der Waals surface area contributed by atoms with Gasteiger partial charge in [0.05, 0.1) is 0 Å². The predicted octanol–water partition coefficient (Wildman–Crippen LogP) is 0.773. The van der Waals surface area contributed by atoms with Gasteiger partial charge in [0, 0.05) is 31.6 Å². The second-order valence-electron chi connectivity index (χ2n) is 4.28. The van der Waals surface area contributed by atoms with E-state index < -0.39 is 0 Å². The van der Waals surface area contributed by atoms with Crippen molar-refractivity contribution in [1.29, 1.82) is 0 Å². The zero-order valence-electron chi connectivity index (χ0n) is 8.70. The fourth-order valence-corrected chi connectivity index (χ4v) is 2.21. The van der Waals surface area contributed by atoms with Crippen LogP contribution in [0.15, 0.2) is 12.2 Å². The van der Waals surface area contributed by atoms with Gasteiger partial charge in [0.25, 0.3) is 0 Å². The third kappa shape index (κ3) is 1.98. The van der Waals surface area contributed by atoms with Crippen molar-refractivity contribution < 1.29 is 4.79 Å². The molecule has 78 valence electrons. The molecule has 3 nitrogen and oxygen atoms in total. The van der Waals surface area contributed by atoms with Gasteiger partial charge in [-0.3, -0.25) is 4.79 Å². The lowest BCUT2D eigenvalue weighted by Crippen LogP contribution is -2.52. The lowest BCUT2D eigenvalue weighted by molar-refractivity contribution is -0.136. The van der Waals surface area contributed by atoms with Crippen LogP contribution >= 0.6 is 0 Å². The van der Waals surface area contributed by atoms with Crippen LogP contribution in [0.25, 0.3) is 0 Å². The summed E-state index contributed by atoms with van der Waals surface area (Å²) in [5, 5.41) is 3.35. The van der Waals surface area contributed by atoms with Gasteiger partial charge < -0.3 is 10.2 Å². The largest absolute Gasteiger partial charge is 0.340 e. The number of allylic oxidation sites excluding steroid dienone is 2. The summed E-state index contributed by atoms with van der Waals surface area (Å²) in [5.41, 5.74) is 0. The number of nitrogens with zero attached hydrogens (tertiary/aromatic N) is 1. The number of carbonyl (C=O) groups excluding carboxylic acids is 1. The number of piperazine rings is 1. The fraction of sp³-hybridized carbons (Fsp3) is 0.727. The van der Waals surface area contributed by atoms with Gasteiger partial charge in [-0.2, -0.15) is 0 Å². The van der Waals surface area contributed by atoms with Gasteiger partial charge >= 0.3 is 0 Å². The number of nitrogens with one attached hydrogen (secondary N) is 1. The van der Waals surface area contributed by atoms with E-state index in [-0.39, 0.29) is 5.92 Å². The lowest BCUT2D eigenvalue weighted by atomic mass is 10.0. The van der Waals surface area contributed by atoms with E-state index in [1.54, 1.807) is 0 Å². The molecule has 0 saturated carbocycles. The van der Waals surface area contributed by atoms with Crippen molar-refractivity contribution in [2.45, 2.75) is 25.8 Å². The van der Waals surface area contributed by atoms with E-state index in [0.717, 1.165) is 32.5 Å². The molecule has 0 bridgehead atoms. The number of amides is 1. The standard InChI is InChI=1S/C11H18N2O/c1-9-8-13(7-6-12-9)11(14)10-4-2-3-5-10/h2-3,9-10,12H,4-8H2,1H3/t9-/m1/s1. The van der Waals surface area contributed by atoms with Gasteiger partial charge in [-0.25, -0.2) is 0 Å². The Kier molecular flexibility index (Phi) is 2.87. The minimum Gasteiger partial charge on any atom is -0.340 e. The molecule has 1 heterocycles. The summed E-state index contributed by atoms with van der Waals surface area (Å²) in [6.07, 6.45) is 6.12. The second kappa shape index (κ2) is 4.13. The molecule has 1 atom stereocenters. The zero-order valence-corrected chi connectivity index (χ0v) is 8.70. The first-order chi connectivity index (χ1) is 6.77. The predicted molar refractivity (Wildman–Crippen MR) is 55.9 cm³/mol. The Morgan fingerprint density at radius 2 is 2.14 bits per heavy atom. The maximum atomic E-state index is 12.0. The molecule has 1 aliphatic heterocycles. The molecule has 2 aliphatic rings. The molecule has 0 radical (unpaired) electrons. The Morgan fingerprint density at radius 3 is 2.79 bits per heavy atom. The summed E-state index contributed by atoms with van der Waals surface area (Å²) in [5.74, 6) is 0.587. The highest BCUT2D eigenvalue weighted by molar-refractivity contribution is 5.79. The van der Waals surface area contributed by atoms with E-state index in [0.29, 0.717) is 11.9 Å². The molecule has 1 N–H and O–H groups in total. The third-order valence-electron chi connectivity index (χ3n) is 3.04. The van der Waals surface area contributed by atoms with Crippen molar-refractivity contribution in [3.63, 3.8) is 0 Å². The summed E-state index contributed by atoms with van der Waals surface area (Å²) in [7, 11) is 0. The van der Waals surface area contributed by atoms with E-state index >= 15 is 0 Å². The van der Waals surface area contributed by atoms with Crippen molar-refractivity contribution in [3.8, 4) is 0 Å². The first kappa shape index (κ1) is 9.71. The smallest absolute Gasteiger partial charge is 0.226 e. The topological polar surface area (TPSA) is 32.3 Å². The molecule has 1 fully saturated rings. The summed E-state index contributed by atoms with van der Waals surface area (Å²) in [6, 6.07) is 0.446. The molecule has 14 heavy (non-hydrogen) atoms. The summed E-state index contributed by atoms with van der Waals surface area (Å²) in [6.45, 7) is 4.81. The van der Waals surface area contributed by atoms with E-state index in [2.05, 4.69) is 24.4 Å². The molecule has 1 aliphatic carbocycles. The van der Waals surface area contributed by atoms with Crippen molar-refractivity contribution in [2.24, 2.45) is 5.92 Å². The van der Waals surface area contributed by atoms with Crippen LogP contribution in [0.5, 0.6) is 0 Å². The van der Waals surface area contributed by atoms with E-state index in [9.17, 15) is 4.79 Å². The van der Waals surface area contributed by atoms with Crippen LogP contribution in [0.1, 0.15) is 19.8 Å². The van der Waals surface area contributed by atoms with Crippen LogP contribution in [0.2, 0.25) is 0 Å². The highest BCUT2D eigenvalue weighted by Gasteiger charge is 2.27. The minimum absolute atomic E-state index is 0.236. The van der Waals surface area contributed by atoms with Crippen LogP contribution in [0.3, 0.4) is 0 Å². The molecule has 1 saturated heterocycles. The molecule has 0 aromatic carbocycles. The maximum Gasteiger partial charge on any atom is 0.226 e. The Labute approximate surface area is 85.2 Å². The summed E-state index contributed by atoms with van der Waals surface area (Å²) >= 11 is 0. The van der Waals surface area contributed by atoms with Gasteiger partial charge in [-0.05, 0) is 19.8 Å². The molecule has 2 rings (SSSR count). The van der Waals surface area contributed by atoms with Crippen molar-refractivity contribution in [2.75, 3.05) is 19.6 Å². The highest BCUT2D eigenvalue weighted by Crippen LogP contribution is 2.20. The van der Waals surface area contributed by atoms with E-state index in [1.165, 1.54) is 0 Å². The quantitative estimate of drug-likeness (QED) is 0.625. The highest BCUT2D eigenvalue weighted by atomic mass is 16.2. The molecule has 0 spiro atoms. The molecule has 0 aromatic rings. The summed E-state index contributed by atoms with van der Waals surface area (Å²) in [4.78, 5) is 14.0. The van der Waals surface area contributed by atoms with Crippen LogP contribution in [0.4, 0.5) is 0 Å². The maximum absolute atomic E-state index is 12.0.